The van der Waals surface area contributed by atoms with E-state index in [9.17, 15) is 26.4 Å². The maximum absolute atomic E-state index is 13.6. The Kier molecular flexibility index (Phi) is 6.50. The number of rotatable bonds is 5. The third kappa shape index (κ3) is 4.30. The second-order valence-corrected chi connectivity index (χ2v) is 10.9. The zero-order valence-corrected chi connectivity index (χ0v) is 21.4. The largest absolute Gasteiger partial charge is 0.431 e. The molecule has 0 atom stereocenters. The van der Waals surface area contributed by atoms with Gasteiger partial charge < -0.3 is 9.13 Å². The Balaban J connectivity index is 2.07. The minimum absolute atomic E-state index is 0.0383. The number of hydrogen-bond acceptors (Lipinski definition) is 5. The first-order valence-corrected chi connectivity index (χ1v) is 13.0. The normalized spacial score (nSPS) is 12.4. The van der Waals surface area contributed by atoms with Crippen molar-refractivity contribution in [3.63, 3.8) is 0 Å². The van der Waals surface area contributed by atoms with E-state index in [1.807, 2.05) is 6.92 Å². The number of nitrogens with zero attached hydrogens (tertiary/aromatic N) is 4. The number of sulfone groups is 1. The Morgan fingerprint density at radius 1 is 1.06 bits per heavy atom. The highest BCUT2D eigenvalue weighted by Gasteiger charge is 2.36. The highest BCUT2D eigenvalue weighted by atomic mass is 35.5. The van der Waals surface area contributed by atoms with Crippen LogP contribution in [0.1, 0.15) is 25.1 Å². The van der Waals surface area contributed by atoms with Crippen LogP contribution in [0.25, 0.3) is 33.8 Å². The van der Waals surface area contributed by atoms with E-state index in [0.717, 1.165) is 11.6 Å². The SMILES string of the molecule is CCn1c(C(F)(F)F)cc2nc(-c3nc(-c4ccc(Cl)c(C)c4)ccc3S(=O)(=O)CC)n(C)c2c1=O. The molecule has 190 valence electrons. The third-order valence-corrected chi connectivity index (χ3v) is 8.16. The highest BCUT2D eigenvalue weighted by molar-refractivity contribution is 7.91. The molecule has 0 fully saturated rings. The smallest absolute Gasteiger partial charge is 0.321 e. The van der Waals surface area contributed by atoms with Crippen LogP contribution in [0.4, 0.5) is 13.2 Å². The summed E-state index contributed by atoms with van der Waals surface area (Å²) in [5, 5.41) is 0.548. The van der Waals surface area contributed by atoms with Crippen molar-refractivity contribution in [2.75, 3.05) is 5.75 Å². The van der Waals surface area contributed by atoms with Gasteiger partial charge in [-0.15, -0.1) is 0 Å². The predicted octanol–water partition coefficient (Wildman–Crippen LogP) is 5.26. The van der Waals surface area contributed by atoms with Gasteiger partial charge in [-0.05, 0) is 49.7 Å². The summed E-state index contributed by atoms with van der Waals surface area (Å²) in [6.07, 6.45) is -4.78. The monoisotopic (exact) mass is 538 g/mol. The zero-order chi connectivity index (χ0) is 26.6. The summed E-state index contributed by atoms with van der Waals surface area (Å²) in [5.74, 6) is -0.269. The van der Waals surface area contributed by atoms with Crippen LogP contribution in [0.3, 0.4) is 0 Å². The zero-order valence-electron chi connectivity index (χ0n) is 19.8. The summed E-state index contributed by atoms with van der Waals surface area (Å²) in [4.78, 5) is 21.7. The van der Waals surface area contributed by atoms with Gasteiger partial charge in [0.2, 0.25) is 0 Å². The molecule has 3 aromatic heterocycles. The van der Waals surface area contributed by atoms with Gasteiger partial charge in [0.15, 0.2) is 15.7 Å². The number of benzene rings is 1. The summed E-state index contributed by atoms with van der Waals surface area (Å²) in [6.45, 7) is 4.51. The minimum atomic E-state index is -4.78. The first-order valence-electron chi connectivity index (χ1n) is 11.0. The van der Waals surface area contributed by atoms with Gasteiger partial charge in [0.25, 0.3) is 5.56 Å². The predicted molar refractivity (Wildman–Crippen MR) is 132 cm³/mol. The van der Waals surface area contributed by atoms with Crippen LogP contribution in [0.15, 0.2) is 46.1 Å². The maximum Gasteiger partial charge on any atom is 0.431 e. The molecule has 0 aliphatic heterocycles. The van der Waals surface area contributed by atoms with Crippen molar-refractivity contribution in [2.24, 2.45) is 7.05 Å². The molecule has 0 radical (unpaired) electrons. The average Bonchev–Trinajstić information content (AvgIpc) is 3.16. The Morgan fingerprint density at radius 2 is 1.75 bits per heavy atom. The Bertz CT molecular complexity index is 1670. The molecule has 0 spiro atoms. The minimum Gasteiger partial charge on any atom is -0.321 e. The summed E-state index contributed by atoms with van der Waals surface area (Å²) < 4.78 is 68.7. The molecule has 0 unspecified atom stereocenters. The van der Waals surface area contributed by atoms with Crippen molar-refractivity contribution in [2.45, 2.75) is 38.4 Å². The fourth-order valence-corrected chi connectivity index (χ4v) is 5.19. The van der Waals surface area contributed by atoms with Gasteiger partial charge in [-0.2, -0.15) is 13.2 Å². The number of alkyl halides is 3. The summed E-state index contributed by atoms with van der Waals surface area (Å²) in [5.41, 5.74) is -0.515. The number of pyridine rings is 2. The van der Waals surface area contributed by atoms with Gasteiger partial charge in [0, 0.05) is 24.2 Å². The van der Waals surface area contributed by atoms with Gasteiger partial charge >= 0.3 is 6.18 Å². The van der Waals surface area contributed by atoms with Crippen molar-refractivity contribution in [1.82, 2.24) is 19.1 Å². The first kappa shape index (κ1) is 25.9. The molecule has 0 aliphatic rings. The van der Waals surface area contributed by atoms with E-state index in [-0.39, 0.29) is 39.7 Å². The summed E-state index contributed by atoms with van der Waals surface area (Å²) in [6, 6.07) is 8.93. The van der Waals surface area contributed by atoms with Crippen LogP contribution >= 0.6 is 11.6 Å². The van der Waals surface area contributed by atoms with Crippen LogP contribution in [0.2, 0.25) is 5.02 Å². The molecule has 7 nitrogen and oxygen atoms in total. The molecule has 4 aromatic rings. The number of aromatic nitrogens is 4. The van der Waals surface area contributed by atoms with Gasteiger partial charge in [-0.25, -0.2) is 18.4 Å². The number of fused-ring (bicyclic) bond motifs is 1. The molecular formula is C24H22ClF3N4O3S. The molecule has 0 saturated carbocycles. The lowest BCUT2D eigenvalue weighted by Crippen LogP contribution is -2.28. The van der Waals surface area contributed by atoms with Crippen molar-refractivity contribution in [3.05, 3.63) is 63.0 Å². The quantitative estimate of drug-likeness (QED) is 0.346. The number of hydrogen-bond donors (Lipinski definition) is 0. The summed E-state index contributed by atoms with van der Waals surface area (Å²) in [7, 11) is -2.35. The van der Waals surface area contributed by atoms with Crippen LogP contribution in [-0.2, 0) is 29.6 Å². The standard InChI is InChI=1S/C24H22ClF3N4O3S/c1-5-32-19(24(26,27)28)12-17-21(23(32)33)31(4)22(30-17)20-18(36(34,35)6-2)10-9-16(29-20)14-7-8-15(25)13(3)11-14/h7-12H,5-6H2,1-4H3. The van der Waals surface area contributed by atoms with Gasteiger partial charge in [-0.3, -0.25) is 4.79 Å². The molecule has 4 rings (SSSR count). The van der Waals surface area contributed by atoms with E-state index in [1.165, 1.54) is 31.5 Å². The van der Waals surface area contributed by atoms with Gasteiger partial charge in [-0.1, -0.05) is 24.6 Å². The van der Waals surface area contributed by atoms with E-state index in [0.29, 0.717) is 20.8 Å². The Hall–Kier alpha value is -3.18. The second kappa shape index (κ2) is 9.04. The molecule has 1 aromatic carbocycles. The average molecular weight is 539 g/mol. The number of aryl methyl sites for hydroxylation is 2. The lowest BCUT2D eigenvalue weighted by molar-refractivity contribution is -0.144. The first-order chi connectivity index (χ1) is 16.8. The lowest BCUT2D eigenvalue weighted by Gasteiger charge is -2.14. The lowest BCUT2D eigenvalue weighted by atomic mass is 10.1. The molecule has 0 saturated heterocycles. The molecule has 0 amide bonds. The van der Waals surface area contributed by atoms with Crippen LogP contribution in [0.5, 0.6) is 0 Å². The van der Waals surface area contributed by atoms with Crippen LogP contribution in [-0.4, -0.2) is 33.3 Å². The highest BCUT2D eigenvalue weighted by Crippen LogP contribution is 2.34. The Labute approximate surface area is 210 Å². The van der Waals surface area contributed by atoms with Gasteiger partial charge in [0.05, 0.1) is 21.9 Å². The molecule has 36 heavy (non-hydrogen) atoms. The van der Waals surface area contributed by atoms with E-state index in [2.05, 4.69) is 9.97 Å². The van der Waals surface area contributed by atoms with Crippen molar-refractivity contribution < 1.29 is 21.6 Å². The van der Waals surface area contributed by atoms with E-state index in [4.69, 9.17) is 11.6 Å². The number of halogens is 4. The van der Waals surface area contributed by atoms with Gasteiger partial charge in [0.1, 0.15) is 16.9 Å². The molecule has 12 heteroatoms. The van der Waals surface area contributed by atoms with Crippen LogP contribution in [0, 0.1) is 6.92 Å². The topological polar surface area (TPSA) is 86.8 Å². The van der Waals surface area contributed by atoms with Crippen molar-refractivity contribution >= 4 is 32.5 Å². The third-order valence-electron chi connectivity index (χ3n) is 5.98. The molecule has 0 N–H and O–H groups in total. The Morgan fingerprint density at radius 3 is 2.33 bits per heavy atom. The molecular weight excluding hydrogens is 517 g/mol. The fourth-order valence-electron chi connectivity index (χ4n) is 4.06. The van der Waals surface area contributed by atoms with Crippen LogP contribution < -0.4 is 5.56 Å². The van der Waals surface area contributed by atoms with Crippen molar-refractivity contribution in [1.29, 1.82) is 0 Å². The fraction of sp³-hybridized carbons (Fsp3) is 0.292. The van der Waals surface area contributed by atoms with E-state index < -0.39 is 27.3 Å². The van der Waals surface area contributed by atoms with E-state index in [1.54, 1.807) is 24.3 Å². The maximum atomic E-state index is 13.6. The summed E-state index contributed by atoms with van der Waals surface area (Å²) >= 11 is 6.12. The molecule has 3 heterocycles. The van der Waals surface area contributed by atoms with Crippen molar-refractivity contribution in [3.8, 4) is 22.8 Å². The number of imidazole rings is 1. The second-order valence-electron chi connectivity index (χ2n) is 8.22. The van der Waals surface area contributed by atoms with E-state index >= 15 is 0 Å². The molecule has 0 bridgehead atoms. The molecule has 0 aliphatic carbocycles.